The van der Waals surface area contributed by atoms with Gasteiger partial charge in [0.1, 0.15) is 0 Å². The Morgan fingerprint density at radius 1 is 0.750 bits per heavy atom. The number of aliphatic hydroxyl groups excluding tert-OH is 2. The first-order chi connectivity index (χ1) is 9.70. The fourth-order valence-electron chi connectivity index (χ4n) is 2.20. The Bertz CT molecular complexity index is 510. The second-order valence-corrected chi connectivity index (χ2v) is 4.97. The topological polar surface area (TPSA) is 66.5 Å². The monoisotopic (exact) mass is 271 g/mol. The molecule has 0 fully saturated rings. The highest BCUT2D eigenvalue weighted by Crippen LogP contribution is 2.25. The zero-order chi connectivity index (χ0) is 14.4. The van der Waals surface area contributed by atoms with Gasteiger partial charge in [0, 0.05) is 6.54 Å². The van der Waals surface area contributed by atoms with Crippen LogP contribution in [0.3, 0.4) is 0 Å². The average molecular weight is 271 g/mol. The van der Waals surface area contributed by atoms with E-state index in [1.54, 1.807) is 0 Å². The lowest BCUT2D eigenvalue weighted by molar-refractivity contribution is 0.115. The molecule has 2 aromatic rings. The van der Waals surface area contributed by atoms with E-state index in [9.17, 15) is 10.2 Å². The summed E-state index contributed by atoms with van der Waals surface area (Å²) in [5.41, 5.74) is 8.34. The van der Waals surface area contributed by atoms with Crippen molar-refractivity contribution in [2.75, 3.05) is 0 Å². The largest absolute Gasteiger partial charge is 0.388 e. The highest BCUT2D eigenvalue weighted by molar-refractivity contribution is 5.24. The SMILES string of the molecule is NCc1ccc([C@@H](O)CC[C@@H](O)c2ccccc2)cc1. The van der Waals surface area contributed by atoms with Crippen LogP contribution in [0.4, 0.5) is 0 Å². The molecule has 0 aliphatic heterocycles. The van der Waals surface area contributed by atoms with Crippen molar-refractivity contribution >= 4 is 0 Å². The van der Waals surface area contributed by atoms with E-state index in [-0.39, 0.29) is 0 Å². The van der Waals surface area contributed by atoms with Crippen molar-refractivity contribution in [3.63, 3.8) is 0 Å². The van der Waals surface area contributed by atoms with Crippen LogP contribution in [0.2, 0.25) is 0 Å². The first-order valence-corrected chi connectivity index (χ1v) is 6.90. The van der Waals surface area contributed by atoms with Gasteiger partial charge in [-0.3, -0.25) is 0 Å². The van der Waals surface area contributed by atoms with Gasteiger partial charge in [0.05, 0.1) is 12.2 Å². The van der Waals surface area contributed by atoms with E-state index in [1.165, 1.54) is 0 Å². The van der Waals surface area contributed by atoms with Crippen molar-refractivity contribution in [2.45, 2.75) is 31.6 Å². The van der Waals surface area contributed by atoms with Crippen LogP contribution < -0.4 is 5.73 Å². The maximum atomic E-state index is 10.1. The molecule has 0 aromatic heterocycles. The summed E-state index contributed by atoms with van der Waals surface area (Å²) < 4.78 is 0. The van der Waals surface area contributed by atoms with Crippen molar-refractivity contribution in [3.05, 3.63) is 71.3 Å². The van der Waals surface area contributed by atoms with Crippen LogP contribution in [0.15, 0.2) is 54.6 Å². The molecule has 0 amide bonds. The zero-order valence-electron chi connectivity index (χ0n) is 11.4. The summed E-state index contributed by atoms with van der Waals surface area (Å²) >= 11 is 0. The number of hydrogen-bond acceptors (Lipinski definition) is 3. The molecule has 106 valence electrons. The lowest BCUT2D eigenvalue weighted by Gasteiger charge is -2.15. The lowest BCUT2D eigenvalue weighted by atomic mass is 9.98. The summed E-state index contributed by atoms with van der Waals surface area (Å²) in [4.78, 5) is 0. The van der Waals surface area contributed by atoms with E-state index in [1.807, 2.05) is 54.6 Å². The van der Waals surface area contributed by atoms with Gasteiger partial charge in [-0.2, -0.15) is 0 Å². The molecule has 2 aromatic carbocycles. The van der Waals surface area contributed by atoms with E-state index < -0.39 is 12.2 Å². The normalized spacial score (nSPS) is 13.9. The van der Waals surface area contributed by atoms with Crippen molar-refractivity contribution in [1.82, 2.24) is 0 Å². The van der Waals surface area contributed by atoms with Gasteiger partial charge in [-0.15, -0.1) is 0 Å². The summed E-state index contributed by atoms with van der Waals surface area (Å²) in [6.07, 6.45) is -0.0312. The average Bonchev–Trinajstić information content (AvgIpc) is 2.53. The molecule has 0 spiro atoms. The number of nitrogens with two attached hydrogens (primary N) is 1. The molecule has 0 bridgehead atoms. The zero-order valence-corrected chi connectivity index (χ0v) is 11.4. The van der Waals surface area contributed by atoms with Crippen LogP contribution >= 0.6 is 0 Å². The van der Waals surface area contributed by atoms with Gasteiger partial charge < -0.3 is 15.9 Å². The van der Waals surface area contributed by atoms with Gasteiger partial charge in [-0.1, -0.05) is 54.6 Å². The lowest BCUT2D eigenvalue weighted by Crippen LogP contribution is -2.03. The molecule has 3 heteroatoms. The van der Waals surface area contributed by atoms with Crippen molar-refractivity contribution in [2.24, 2.45) is 5.73 Å². The predicted molar refractivity (Wildman–Crippen MR) is 79.9 cm³/mol. The second kappa shape index (κ2) is 7.20. The molecular formula is C17H21NO2. The standard InChI is InChI=1S/C17H21NO2/c18-12-13-6-8-15(9-7-13)17(20)11-10-16(19)14-4-2-1-3-5-14/h1-9,16-17,19-20H,10-12,18H2/t16-,17+/m1/s1. The molecule has 4 N–H and O–H groups in total. The van der Waals surface area contributed by atoms with E-state index in [0.29, 0.717) is 19.4 Å². The van der Waals surface area contributed by atoms with E-state index >= 15 is 0 Å². The fourth-order valence-corrected chi connectivity index (χ4v) is 2.20. The first-order valence-electron chi connectivity index (χ1n) is 6.90. The van der Waals surface area contributed by atoms with Gasteiger partial charge in [-0.25, -0.2) is 0 Å². The minimum Gasteiger partial charge on any atom is -0.388 e. The molecule has 0 saturated heterocycles. The molecule has 2 rings (SSSR count). The Labute approximate surface area is 119 Å². The third-order valence-corrected chi connectivity index (χ3v) is 3.50. The molecule has 0 heterocycles. The Hall–Kier alpha value is -1.68. The summed E-state index contributed by atoms with van der Waals surface area (Å²) in [6, 6.07) is 17.1. The van der Waals surface area contributed by atoms with Crippen LogP contribution in [0, 0.1) is 0 Å². The first kappa shape index (κ1) is 14.7. The van der Waals surface area contributed by atoms with Gasteiger partial charge in [0.25, 0.3) is 0 Å². The number of rotatable bonds is 6. The number of aliphatic hydroxyl groups is 2. The Balaban J connectivity index is 1.89. The Kier molecular flexibility index (Phi) is 5.30. The summed E-state index contributed by atoms with van der Waals surface area (Å²) in [5.74, 6) is 0. The van der Waals surface area contributed by atoms with E-state index in [2.05, 4.69) is 0 Å². The van der Waals surface area contributed by atoms with Crippen LogP contribution in [0.5, 0.6) is 0 Å². The quantitative estimate of drug-likeness (QED) is 0.756. The minimum atomic E-state index is -0.555. The smallest absolute Gasteiger partial charge is 0.0791 e. The minimum absolute atomic E-state index is 0.503. The predicted octanol–water partition coefficient (Wildman–Crippen LogP) is 2.69. The second-order valence-electron chi connectivity index (χ2n) is 4.97. The molecule has 0 saturated carbocycles. The van der Waals surface area contributed by atoms with Crippen LogP contribution in [-0.2, 0) is 6.54 Å². The molecule has 2 atom stereocenters. The summed E-state index contributed by atoms with van der Waals surface area (Å²) in [6.45, 7) is 0.503. The molecule has 0 aliphatic rings. The fraction of sp³-hybridized carbons (Fsp3) is 0.294. The van der Waals surface area contributed by atoms with Gasteiger partial charge in [0.2, 0.25) is 0 Å². The Morgan fingerprint density at radius 3 is 1.75 bits per heavy atom. The van der Waals surface area contributed by atoms with Crippen LogP contribution in [0.25, 0.3) is 0 Å². The molecule has 20 heavy (non-hydrogen) atoms. The summed E-state index contributed by atoms with van der Waals surface area (Å²) in [7, 11) is 0. The Morgan fingerprint density at radius 2 is 1.25 bits per heavy atom. The third-order valence-electron chi connectivity index (χ3n) is 3.50. The van der Waals surface area contributed by atoms with Crippen LogP contribution in [-0.4, -0.2) is 10.2 Å². The molecule has 0 unspecified atom stereocenters. The highest BCUT2D eigenvalue weighted by atomic mass is 16.3. The van der Waals surface area contributed by atoms with Crippen molar-refractivity contribution in [3.8, 4) is 0 Å². The number of hydrogen-bond donors (Lipinski definition) is 3. The molecule has 0 aliphatic carbocycles. The third kappa shape index (κ3) is 3.90. The molecule has 0 radical (unpaired) electrons. The van der Waals surface area contributed by atoms with Gasteiger partial charge >= 0.3 is 0 Å². The van der Waals surface area contributed by atoms with Crippen molar-refractivity contribution < 1.29 is 10.2 Å². The van der Waals surface area contributed by atoms with Gasteiger partial charge in [0.15, 0.2) is 0 Å². The van der Waals surface area contributed by atoms with Gasteiger partial charge in [-0.05, 0) is 29.5 Å². The maximum absolute atomic E-state index is 10.1. The molecular weight excluding hydrogens is 250 g/mol. The highest BCUT2D eigenvalue weighted by Gasteiger charge is 2.12. The molecule has 3 nitrogen and oxygen atoms in total. The number of benzene rings is 2. The maximum Gasteiger partial charge on any atom is 0.0791 e. The van der Waals surface area contributed by atoms with Crippen LogP contribution in [0.1, 0.15) is 41.7 Å². The van der Waals surface area contributed by atoms with E-state index in [0.717, 1.165) is 16.7 Å². The van der Waals surface area contributed by atoms with E-state index in [4.69, 9.17) is 5.73 Å². The summed E-state index contributed by atoms with van der Waals surface area (Å²) in [5, 5.41) is 20.2. The van der Waals surface area contributed by atoms with Crippen molar-refractivity contribution in [1.29, 1.82) is 0 Å².